The molecular weight excluding hydrogens is 409 g/mol. The van der Waals surface area contributed by atoms with Crippen molar-refractivity contribution in [2.24, 2.45) is 0 Å². The SMILES string of the molecule is Cc1csc(CC(CBr)(CBr)c2ccccc2Cl)n1. The first-order valence-corrected chi connectivity index (χ1v) is 9.39. The van der Waals surface area contributed by atoms with Crippen LogP contribution in [0, 0.1) is 6.92 Å². The molecule has 0 radical (unpaired) electrons. The summed E-state index contributed by atoms with van der Waals surface area (Å²) in [5.74, 6) is 0. The van der Waals surface area contributed by atoms with Crippen LogP contribution in [0.5, 0.6) is 0 Å². The van der Waals surface area contributed by atoms with E-state index < -0.39 is 0 Å². The topological polar surface area (TPSA) is 12.9 Å². The van der Waals surface area contributed by atoms with Crippen molar-refractivity contribution in [3.8, 4) is 0 Å². The Labute approximate surface area is 139 Å². The number of alkyl halides is 2. The molecule has 0 unspecified atom stereocenters. The average Bonchev–Trinajstić information content (AvgIpc) is 2.82. The van der Waals surface area contributed by atoms with E-state index >= 15 is 0 Å². The zero-order valence-electron chi connectivity index (χ0n) is 10.5. The second kappa shape index (κ2) is 6.70. The zero-order chi connectivity index (χ0) is 13.9. The molecule has 0 N–H and O–H groups in total. The summed E-state index contributed by atoms with van der Waals surface area (Å²) in [6.45, 7) is 2.03. The van der Waals surface area contributed by atoms with Gasteiger partial charge in [-0.15, -0.1) is 11.3 Å². The standard InChI is InChI=1S/C14H14Br2ClNS/c1-10-7-19-13(18-10)6-14(8-15,9-16)11-4-2-3-5-12(11)17/h2-5,7H,6,8-9H2,1H3. The third-order valence-electron chi connectivity index (χ3n) is 3.11. The summed E-state index contributed by atoms with van der Waals surface area (Å²) in [5, 5.41) is 5.74. The largest absolute Gasteiger partial charge is 0.247 e. The first-order valence-electron chi connectivity index (χ1n) is 5.89. The molecule has 5 heteroatoms. The molecule has 1 heterocycles. The Morgan fingerprint density at radius 3 is 2.47 bits per heavy atom. The van der Waals surface area contributed by atoms with E-state index in [1.807, 2.05) is 25.1 Å². The number of nitrogens with zero attached hydrogens (tertiary/aromatic N) is 1. The molecule has 19 heavy (non-hydrogen) atoms. The van der Waals surface area contributed by atoms with Gasteiger partial charge in [-0.2, -0.15) is 0 Å². The van der Waals surface area contributed by atoms with E-state index in [-0.39, 0.29) is 5.41 Å². The minimum absolute atomic E-state index is 0.0668. The lowest BCUT2D eigenvalue weighted by Crippen LogP contribution is -2.33. The number of aromatic nitrogens is 1. The van der Waals surface area contributed by atoms with Gasteiger partial charge in [0.25, 0.3) is 0 Å². The van der Waals surface area contributed by atoms with E-state index in [1.165, 1.54) is 5.56 Å². The zero-order valence-corrected chi connectivity index (χ0v) is 15.2. The van der Waals surface area contributed by atoms with Crippen LogP contribution in [0.1, 0.15) is 16.3 Å². The van der Waals surface area contributed by atoms with Gasteiger partial charge in [-0.25, -0.2) is 4.98 Å². The van der Waals surface area contributed by atoms with Crippen LogP contribution in [0.2, 0.25) is 5.02 Å². The molecule has 0 aliphatic heterocycles. The monoisotopic (exact) mass is 421 g/mol. The Bertz CT molecular complexity index is 552. The molecule has 1 aromatic carbocycles. The molecule has 0 saturated heterocycles. The Balaban J connectivity index is 2.40. The first-order chi connectivity index (χ1) is 9.11. The smallest absolute Gasteiger partial charge is 0.0937 e. The van der Waals surface area contributed by atoms with Crippen LogP contribution in [-0.4, -0.2) is 15.6 Å². The lowest BCUT2D eigenvalue weighted by Gasteiger charge is -2.30. The van der Waals surface area contributed by atoms with Crippen LogP contribution < -0.4 is 0 Å². The fraction of sp³-hybridized carbons (Fsp3) is 0.357. The highest BCUT2D eigenvalue weighted by atomic mass is 79.9. The van der Waals surface area contributed by atoms with Gasteiger partial charge in [0.2, 0.25) is 0 Å². The highest BCUT2D eigenvalue weighted by Crippen LogP contribution is 2.37. The fourth-order valence-corrected chi connectivity index (χ4v) is 5.22. The maximum atomic E-state index is 6.38. The molecule has 102 valence electrons. The number of rotatable bonds is 5. The number of benzene rings is 1. The third kappa shape index (κ3) is 3.41. The van der Waals surface area contributed by atoms with Gasteiger partial charge in [0.05, 0.1) is 5.01 Å². The van der Waals surface area contributed by atoms with Crippen LogP contribution in [-0.2, 0) is 11.8 Å². The van der Waals surface area contributed by atoms with Crippen molar-refractivity contribution in [1.29, 1.82) is 0 Å². The molecular formula is C14H14Br2ClNS. The van der Waals surface area contributed by atoms with Crippen LogP contribution in [0.3, 0.4) is 0 Å². The van der Waals surface area contributed by atoms with E-state index in [2.05, 4.69) is 48.3 Å². The van der Waals surface area contributed by atoms with Gasteiger partial charge in [-0.3, -0.25) is 0 Å². The number of hydrogen-bond donors (Lipinski definition) is 0. The van der Waals surface area contributed by atoms with Crippen molar-refractivity contribution in [3.05, 3.63) is 50.9 Å². The van der Waals surface area contributed by atoms with Crippen molar-refractivity contribution in [1.82, 2.24) is 4.98 Å². The fourth-order valence-electron chi connectivity index (χ4n) is 2.03. The first kappa shape index (κ1) is 15.5. The molecule has 0 fully saturated rings. The molecule has 1 aromatic heterocycles. The Morgan fingerprint density at radius 2 is 1.95 bits per heavy atom. The predicted molar refractivity (Wildman–Crippen MR) is 91.3 cm³/mol. The second-order valence-corrected chi connectivity index (χ2v) is 7.06. The van der Waals surface area contributed by atoms with Gasteiger partial charge in [-0.1, -0.05) is 61.7 Å². The number of halogens is 3. The second-order valence-electron chi connectivity index (χ2n) is 4.59. The molecule has 2 aromatic rings. The van der Waals surface area contributed by atoms with Gasteiger partial charge in [-0.05, 0) is 18.6 Å². The van der Waals surface area contributed by atoms with Gasteiger partial charge < -0.3 is 0 Å². The minimum Gasteiger partial charge on any atom is -0.247 e. The highest BCUT2D eigenvalue weighted by Gasteiger charge is 2.33. The molecule has 0 aliphatic rings. The molecule has 0 atom stereocenters. The third-order valence-corrected chi connectivity index (χ3v) is 6.56. The van der Waals surface area contributed by atoms with E-state index in [1.54, 1.807) is 11.3 Å². The van der Waals surface area contributed by atoms with Crippen LogP contribution in [0.4, 0.5) is 0 Å². The number of hydrogen-bond acceptors (Lipinski definition) is 2. The van der Waals surface area contributed by atoms with Crippen molar-refractivity contribution >= 4 is 54.8 Å². The number of thiazole rings is 1. The highest BCUT2D eigenvalue weighted by molar-refractivity contribution is 9.09. The molecule has 0 bridgehead atoms. The van der Waals surface area contributed by atoms with Gasteiger partial charge in [0, 0.05) is 38.6 Å². The van der Waals surface area contributed by atoms with Gasteiger partial charge in [0.15, 0.2) is 0 Å². The van der Waals surface area contributed by atoms with Crippen molar-refractivity contribution in [3.63, 3.8) is 0 Å². The summed E-state index contributed by atoms with van der Waals surface area (Å²) in [6, 6.07) is 8.05. The van der Waals surface area contributed by atoms with Crippen LogP contribution >= 0.6 is 54.8 Å². The Morgan fingerprint density at radius 1 is 1.26 bits per heavy atom. The van der Waals surface area contributed by atoms with Crippen molar-refractivity contribution < 1.29 is 0 Å². The van der Waals surface area contributed by atoms with Crippen LogP contribution in [0.25, 0.3) is 0 Å². The minimum atomic E-state index is -0.0668. The lowest BCUT2D eigenvalue weighted by molar-refractivity contribution is 0.549. The Kier molecular flexibility index (Phi) is 5.46. The summed E-state index contributed by atoms with van der Waals surface area (Å²) >= 11 is 15.4. The summed E-state index contributed by atoms with van der Waals surface area (Å²) in [7, 11) is 0. The molecule has 1 nitrogen and oxygen atoms in total. The molecule has 0 aliphatic carbocycles. The van der Waals surface area contributed by atoms with Gasteiger partial charge >= 0.3 is 0 Å². The maximum absolute atomic E-state index is 6.38. The summed E-state index contributed by atoms with van der Waals surface area (Å²) in [4.78, 5) is 4.58. The molecule has 2 rings (SSSR count). The van der Waals surface area contributed by atoms with E-state index in [0.29, 0.717) is 0 Å². The molecule has 0 amide bonds. The summed E-state index contributed by atoms with van der Waals surface area (Å²) < 4.78 is 0. The lowest BCUT2D eigenvalue weighted by atomic mass is 9.81. The average molecular weight is 424 g/mol. The molecule has 0 saturated carbocycles. The van der Waals surface area contributed by atoms with E-state index in [9.17, 15) is 0 Å². The maximum Gasteiger partial charge on any atom is 0.0937 e. The van der Waals surface area contributed by atoms with Gasteiger partial charge in [0.1, 0.15) is 0 Å². The predicted octanol–water partition coefficient (Wildman–Crippen LogP) is 5.38. The summed E-state index contributed by atoms with van der Waals surface area (Å²) in [5.41, 5.74) is 2.18. The quantitative estimate of drug-likeness (QED) is 0.589. The normalized spacial score (nSPS) is 11.8. The van der Waals surface area contributed by atoms with Crippen LogP contribution in [0.15, 0.2) is 29.6 Å². The molecule has 0 spiro atoms. The van der Waals surface area contributed by atoms with Crippen molar-refractivity contribution in [2.45, 2.75) is 18.8 Å². The van der Waals surface area contributed by atoms with Crippen molar-refractivity contribution in [2.75, 3.05) is 10.7 Å². The summed E-state index contributed by atoms with van der Waals surface area (Å²) in [6.07, 6.45) is 0.881. The van der Waals surface area contributed by atoms with E-state index in [0.717, 1.165) is 32.8 Å². The Hall–Kier alpha value is 0.1000. The van der Waals surface area contributed by atoms with E-state index in [4.69, 9.17) is 11.6 Å². The number of aryl methyl sites for hydroxylation is 1.